The van der Waals surface area contributed by atoms with Gasteiger partial charge in [-0.3, -0.25) is 4.90 Å². The number of thiol groups is 1. The van der Waals surface area contributed by atoms with Crippen LogP contribution in [0.3, 0.4) is 0 Å². The van der Waals surface area contributed by atoms with Crippen LogP contribution in [0, 0.1) is 12.7 Å². The topological polar surface area (TPSA) is 85.8 Å². The molecule has 2 aliphatic heterocycles. The second kappa shape index (κ2) is 10.6. The van der Waals surface area contributed by atoms with Crippen LogP contribution in [0.1, 0.15) is 18.4 Å². The molecule has 36 heavy (non-hydrogen) atoms. The molecule has 2 aliphatic rings. The first-order chi connectivity index (χ1) is 17.1. The number of morpholine rings is 1. The molecule has 2 aromatic rings. The minimum Gasteiger partial charge on any atom is -0.474 e. The van der Waals surface area contributed by atoms with Crippen molar-refractivity contribution in [3.63, 3.8) is 0 Å². The molecule has 0 aliphatic carbocycles. The van der Waals surface area contributed by atoms with Crippen molar-refractivity contribution >= 4 is 30.2 Å². The van der Waals surface area contributed by atoms with Crippen LogP contribution >= 0.6 is 12.6 Å². The minimum atomic E-state index is -5.01. The Morgan fingerprint density at radius 3 is 2.58 bits per heavy atom. The minimum absolute atomic E-state index is 0.0632. The molecule has 1 amide bonds. The molecular weight excluding hydrogens is 511 g/mol. The summed E-state index contributed by atoms with van der Waals surface area (Å²) < 4.78 is 81.6. The van der Waals surface area contributed by atoms with Crippen molar-refractivity contribution in [2.24, 2.45) is 0 Å². The van der Waals surface area contributed by atoms with Gasteiger partial charge in [-0.1, -0.05) is 0 Å². The fourth-order valence-corrected chi connectivity index (χ4v) is 4.39. The van der Waals surface area contributed by atoms with Crippen LogP contribution in [0.4, 0.5) is 38.3 Å². The SMILES string of the molecule is Cc1c(Nc2ccc(S)cc2F)ncnc1OC1CC2COCC(C1)N2C(=O)OC(CF)C(F)(F)F. The monoisotopic (exact) mass is 534 g/mol. The Hall–Kier alpha value is -2.87. The second-order valence-corrected chi connectivity index (χ2v) is 8.99. The van der Waals surface area contributed by atoms with Crippen LogP contribution in [-0.4, -0.2) is 71.3 Å². The molecule has 1 N–H and O–H groups in total. The predicted octanol–water partition coefficient (Wildman–Crippen LogP) is 4.60. The quantitative estimate of drug-likeness (QED) is 0.414. The normalized spacial score (nSPS) is 22.6. The molecule has 1 aromatic carbocycles. The second-order valence-electron chi connectivity index (χ2n) is 8.47. The zero-order valence-corrected chi connectivity index (χ0v) is 19.9. The Bertz CT molecular complexity index is 1090. The summed E-state index contributed by atoms with van der Waals surface area (Å²) in [4.78, 5) is 22.4. The Morgan fingerprint density at radius 1 is 1.28 bits per heavy atom. The van der Waals surface area contributed by atoms with Crippen LogP contribution in [0.2, 0.25) is 0 Å². The summed E-state index contributed by atoms with van der Waals surface area (Å²) in [6.45, 7) is -0.0542. The molecule has 8 nitrogen and oxygen atoms in total. The highest BCUT2D eigenvalue weighted by atomic mass is 32.1. The van der Waals surface area contributed by atoms with Crippen molar-refractivity contribution in [3.05, 3.63) is 35.9 Å². The van der Waals surface area contributed by atoms with E-state index in [4.69, 9.17) is 9.47 Å². The predicted molar refractivity (Wildman–Crippen MR) is 120 cm³/mol. The number of ether oxygens (including phenoxy) is 3. The molecule has 196 valence electrons. The molecule has 3 heterocycles. The third-order valence-corrected chi connectivity index (χ3v) is 6.24. The average Bonchev–Trinajstić information content (AvgIpc) is 2.80. The van der Waals surface area contributed by atoms with Crippen molar-refractivity contribution in [2.75, 3.05) is 25.2 Å². The maximum atomic E-state index is 14.2. The number of aromatic nitrogens is 2. The number of amides is 1. The lowest BCUT2D eigenvalue weighted by Gasteiger charge is -2.47. The molecule has 3 atom stereocenters. The molecule has 1 aromatic heterocycles. The van der Waals surface area contributed by atoms with Crippen LogP contribution in [0.5, 0.6) is 5.88 Å². The summed E-state index contributed by atoms with van der Waals surface area (Å²) in [7, 11) is 0. The van der Waals surface area contributed by atoms with E-state index in [0.29, 0.717) is 16.3 Å². The van der Waals surface area contributed by atoms with E-state index in [1.807, 2.05) is 0 Å². The molecule has 2 bridgehead atoms. The molecule has 3 unspecified atom stereocenters. The fraction of sp³-hybridized carbons (Fsp3) is 0.500. The number of anilines is 2. The van der Waals surface area contributed by atoms with Crippen molar-refractivity contribution in [1.82, 2.24) is 14.9 Å². The van der Waals surface area contributed by atoms with Gasteiger partial charge in [0.05, 0.1) is 36.5 Å². The van der Waals surface area contributed by atoms with E-state index < -0.39 is 49.1 Å². The van der Waals surface area contributed by atoms with Gasteiger partial charge < -0.3 is 19.5 Å². The van der Waals surface area contributed by atoms with Crippen LogP contribution in [-0.2, 0) is 9.47 Å². The van der Waals surface area contributed by atoms with Crippen LogP contribution in [0.15, 0.2) is 29.4 Å². The first-order valence-corrected chi connectivity index (χ1v) is 11.4. The molecule has 4 rings (SSSR count). The molecule has 0 radical (unpaired) electrons. The first kappa shape index (κ1) is 26.2. The molecular formula is C22H23F5N4O4S. The van der Waals surface area contributed by atoms with Crippen molar-refractivity contribution in [1.29, 1.82) is 0 Å². The van der Waals surface area contributed by atoms with E-state index >= 15 is 0 Å². The Kier molecular flexibility index (Phi) is 7.73. The summed E-state index contributed by atoms with van der Waals surface area (Å²) in [5.41, 5.74) is 0.690. The largest absolute Gasteiger partial charge is 0.474 e. The van der Waals surface area contributed by atoms with E-state index in [-0.39, 0.29) is 37.6 Å². The third-order valence-electron chi connectivity index (χ3n) is 5.96. The lowest BCUT2D eigenvalue weighted by atomic mass is 9.92. The first-order valence-electron chi connectivity index (χ1n) is 11.0. The maximum Gasteiger partial charge on any atom is 0.428 e. The van der Waals surface area contributed by atoms with E-state index in [0.717, 1.165) is 0 Å². The van der Waals surface area contributed by atoms with Crippen molar-refractivity contribution in [2.45, 2.75) is 55.1 Å². The summed E-state index contributed by atoms with van der Waals surface area (Å²) in [6.07, 6.45) is -7.83. The number of benzene rings is 1. The molecule has 0 spiro atoms. The average molecular weight is 535 g/mol. The Labute approximate surface area is 208 Å². The number of halogens is 5. The number of rotatable bonds is 6. The van der Waals surface area contributed by atoms with E-state index in [2.05, 4.69) is 32.7 Å². The Morgan fingerprint density at radius 2 is 1.97 bits per heavy atom. The van der Waals surface area contributed by atoms with Gasteiger partial charge in [-0.05, 0) is 25.1 Å². The van der Waals surface area contributed by atoms with Crippen LogP contribution < -0.4 is 10.1 Å². The van der Waals surface area contributed by atoms with Gasteiger partial charge >= 0.3 is 12.3 Å². The van der Waals surface area contributed by atoms with Gasteiger partial charge in [0.15, 0.2) is 0 Å². The van der Waals surface area contributed by atoms with Gasteiger partial charge in [0.25, 0.3) is 0 Å². The molecule has 14 heteroatoms. The standard InChI is InChI=1S/C22H23F5N4O4S/c1-11-19(30-17-3-2-15(36)6-16(17)24)28-10-29-20(11)34-14-4-12-8-33-9-13(5-14)31(12)21(32)35-18(7-23)22(25,26)27/h2-3,6,10,12-14,18,36H,4-5,7-9H2,1H3,(H,28,29,30). The number of nitrogens with zero attached hydrogens (tertiary/aromatic N) is 3. The molecule has 2 fully saturated rings. The van der Waals surface area contributed by atoms with Crippen LogP contribution in [0.25, 0.3) is 0 Å². The van der Waals surface area contributed by atoms with E-state index in [9.17, 15) is 26.7 Å². The molecule has 2 saturated heterocycles. The lowest BCUT2D eigenvalue weighted by Crippen LogP contribution is -2.61. The van der Waals surface area contributed by atoms with E-state index in [1.54, 1.807) is 13.0 Å². The zero-order chi connectivity index (χ0) is 26.0. The number of hydrogen-bond acceptors (Lipinski definition) is 8. The highest BCUT2D eigenvalue weighted by molar-refractivity contribution is 7.80. The highest BCUT2D eigenvalue weighted by Crippen LogP contribution is 2.34. The van der Waals surface area contributed by atoms with Gasteiger partial charge in [-0.2, -0.15) is 13.2 Å². The number of alkyl halides is 4. The third kappa shape index (κ3) is 5.75. The number of nitrogens with one attached hydrogen (secondary N) is 1. The summed E-state index contributed by atoms with van der Waals surface area (Å²) in [5, 5.41) is 2.89. The number of piperidine rings is 1. The Balaban J connectivity index is 1.45. The molecule has 0 saturated carbocycles. The smallest absolute Gasteiger partial charge is 0.428 e. The summed E-state index contributed by atoms with van der Waals surface area (Å²) >= 11 is 4.10. The van der Waals surface area contributed by atoms with Gasteiger partial charge in [0, 0.05) is 17.7 Å². The number of carbonyl (C=O) groups excluding carboxylic acids is 1. The summed E-state index contributed by atoms with van der Waals surface area (Å²) in [5.74, 6) is 0.0312. The van der Waals surface area contributed by atoms with Crippen molar-refractivity contribution in [3.8, 4) is 5.88 Å². The zero-order valence-electron chi connectivity index (χ0n) is 19.0. The fourth-order valence-electron chi connectivity index (χ4n) is 4.20. The lowest BCUT2D eigenvalue weighted by molar-refractivity contribution is -0.213. The van der Waals surface area contributed by atoms with Gasteiger partial charge in [0.1, 0.15) is 30.7 Å². The number of hydrogen-bond donors (Lipinski definition) is 2. The summed E-state index contributed by atoms with van der Waals surface area (Å²) in [6, 6.07) is 3.13. The number of carbonyl (C=O) groups is 1. The highest BCUT2D eigenvalue weighted by Gasteiger charge is 2.48. The van der Waals surface area contributed by atoms with Gasteiger partial charge in [-0.25, -0.2) is 23.5 Å². The van der Waals surface area contributed by atoms with Crippen molar-refractivity contribution < 1.29 is 41.0 Å². The number of fused-ring (bicyclic) bond motifs is 2. The maximum absolute atomic E-state index is 14.2. The van der Waals surface area contributed by atoms with E-state index in [1.165, 1.54) is 23.4 Å². The van der Waals surface area contributed by atoms with Gasteiger partial charge in [0.2, 0.25) is 12.0 Å². The van der Waals surface area contributed by atoms with Gasteiger partial charge in [-0.15, -0.1) is 12.6 Å².